The van der Waals surface area contributed by atoms with Gasteiger partial charge in [0.15, 0.2) is 5.82 Å². The molecule has 0 radical (unpaired) electrons. The molecule has 3 aromatic rings. The van der Waals surface area contributed by atoms with Crippen LogP contribution in [0.15, 0.2) is 54.7 Å². The average molecular weight is 362 g/mol. The molecular weight excluding hydrogens is 344 g/mol. The minimum Gasteiger partial charge on any atom is -0.492 e. The number of carbonyl (C=O) groups is 1. The Balaban J connectivity index is 1.72. The Morgan fingerprint density at radius 2 is 1.85 bits per heavy atom. The van der Waals surface area contributed by atoms with Crippen molar-refractivity contribution < 1.29 is 9.53 Å². The number of aromatic nitrogens is 2. The van der Waals surface area contributed by atoms with Crippen LogP contribution in [0, 0.1) is 0 Å². The normalized spacial score (nSPS) is 13.6. The number of hydrogen-bond acceptors (Lipinski definition) is 7. The molecule has 6 bridgehead atoms. The number of hydrogen-bond donors (Lipinski definition) is 4. The van der Waals surface area contributed by atoms with E-state index < -0.39 is 0 Å². The Morgan fingerprint density at radius 1 is 1.04 bits per heavy atom. The molecule has 1 aromatic heterocycles. The molecule has 2 heterocycles. The third-order valence-electron chi connectivity index (χ3n) is 3.95. The predicted octanol–water partition coefficient (Wildman–Crippen LogP) is 2.67. The number of amides is 1. The number of nitrogens with two attached hydrogens (primary N) is 1. The van der Waals surface area contributed by atoms with Crippen LogP contribution in [0.2, 0.25) is 0 Å². The lowest BCUT2D eigenvalue weighted by atomic mass is 10.2. The van der Waals surface area contributed by atoms with Crippen LogP contribution < -0.4 is 26.4 Å². The van der Waals surface area contributed by atoms with Gasteiger partial charge in [0, 0.05) is 23.0 Å². The van der Waals surface area contributed by atoms with E-state index in [1.807, 2.05) is 30.3 Å². The van der Waals surface area contributed by atoms with E-state index in [9.17, 15) is 4.79 Å². The van der Waals surface area contributed by atoms with E-state index in [4.69, 9.17) is 10.5 Å². The molecule has 4 rings (SSSR count). The number of nitrogens with zero attached hydrogens (tertiary/aromatic N) is 2. The highest BCUT2D eigenvalue weighted by molar-refractivity contribution is 5.95. The molecule has 0 fully saturated rings. The summed E-state index contributed by atoms with van der Waals surface area (Å²) in [4.78, 5) is 20.9. The SMILES string of the molecule is Nc1cnc2nc1Nc1cccc(c1)OCCNC(=O)c1cccc(c1)N2. The van der Waals surface area contributed by atoms with Crippen LogP contribution in [0.1, 0.15) is 10.4 Å². The monoisotopic (exact) mass is 362 g/mol. The molecule has 0 spiro atoms. The van der Waals surface area contributed by atoms with Crippen molar-refractivity contribution in [1.82, 2.24) is 15.3 Å². The largest absolute Gasteiger partial charge is 0.492 e. The van der Waals surface area contributed by atoms with Gasteiger partial charge < -0.3 is 26.4 Å². The smallest absolute Gasteiger partial charge is 0.251 e. The number of benzene rings is 2. The van der Waals surface area contributed by atoms with Gasteiger partial charge in [-0.3, -0.25) is 4.79 Å². The van der Waals surface area contributed by atoms with Gasteiger partial charge in [0.1, 0.15) is 12.4 Å². The van der Waals surface area contributed by atoms with Gasteiger partial charge in [0.05, 0.1) is 18.4 Å². The molecule has 0 saturated heterocycles. The predicted molar refractivity (Wildman–Crippen MR) is 104 cm³/mol. The molecule has 136 valence electrons. The van der Waals surface area contributed by atoms with E-state index in [1.165, 1.54) is 6.20 Å². The summed E-state index contributed by atoms with van der Waals surface area (Å²) >= 11 is 0. The van der Waals surface area contributed by atoms with E-state index in [1.54, 1.807) is 18.2 Å². The molecule has 8 nitrogen and oxygen atoms in total. The fourth-order valence-corrected chi connectivity index (χ4v) is 2.65. The fourth-order valence-electron chi connectivity index (χ4n) is 2.65. The maximum Gasteiger partial charge on any atom is 0.251 e. The van der Waals surface area contributed by atoms with E-state index in [-0.39, 0.29) is 5.91 Å². The highest BCUT2D eigenvalue weighted by atomic mass is 16.5. The number of fused-ring (bicyclic) bond motifs is 6. The van der Waals surface area contributed by atoms with Crippen LogP contribution in [0.4, 0.5) is 28.8 Å². The lowest BCUT2D eigenvalue weighted by molar-refractivity contribution is 0.0947. The van der Waals surface area contributed by atoms with Crippen molar-refractivity contribution in [2.75, 3.05) is 29.5 Å². The van der Waals surface area contributed by atoms with Crippen molar-refractivity contribution in [2.45, 2.75) is 0 Å². The standard InChI is InChI=1S/C19H18N6O2/c20-16-11-22-19-24-13-4-1-3-12(9-13)18(26)21-7-8-27-15-6-2-5-14(10-15)23-17(16)25-19/h1-6,9-11H,7-8,20H2,(H,21,26)(H2,22,23,24,25). The first-order valence-electron chi connectivity index (χ1n) is 8.45. The number of nitrogens with one attached hydrogen (secondary N) is 3. The van der Waals surface area contributed by atoms with Crippen LogP contribution in [0.5, 0.6) is 5.75 Å². The summed E-state index contributed by atoms with van der Waals surface area (Å²) in [7, 11) is 0. The van der Waals surface area contributed by atoms with Gasteiger partial charge in [-0.05, 0) is 30.3 Å². The second-order valence-corrected chi connectivity index (χ2v) is 5.96. The zero-order valence-electron chi connectivity index (χ0n) is 14.4. The Hall–Kier alpha value is -3.81. The minimum absolute atomic E-state index is 0.177. The van der Waals surface area contributed by atoms with Gasteiger partial charge >= 0.3 is 0 Å². The van der Waals surface area contributed by atoms with Crippen molar-refractivity contribution in [3.05, 3.63) is 60.3 Å². The van der Waals surface area contributed by atoms with Gasteiger partial charge in [0.25, 0.3) is 5.91 Å². The number of carbonyl (C=O) groups excluding carboxylic acids is 1. The van der Waals surface area contributed by atoms with Crippen molar-refractivity contribution in [2.24, 2.45) is 0 Å². The van der Waals surface area contributed by atoms with Gasteiger partial charge in [-0.1, -0.05) is 12.1 Å². The van der Waals surface area contributed by atoms with Crippen LogP contribution in [-0.2, 0) is 0 Å². The zero-order chi connectivity index (χ0) is 18.6. The van der Waals surface area contributed by atoms with E-state index in [2.05, 4.69) is 25.9 Å². The Labute approximate surface area is 155 Å². The van der Waals surface area contributed by atoms with Crippen molar-refractivity contribution in [3.63, 3.8) is 0 Å². The second-order valence-electron chi connectivity index (χ2n) is 5.96. The number of ether oxygens (including phenoxy) is 1. The first-order chi connectivity index (χ1) is 13.2. The number of rotatable bonds is 0. The molecule has 0 atom stereocenters. The molecular formula is C19H18N6O2. The average Bonchev–Trinajstić information content (AvgIpc) is 2.68. The summed E-state index contributed by atoms with van der Waals surface area (Å²) in [6.45, 7) is 0.746. The maximum atomic E-state index is 12.3. The molecule has 8 heteroatoms. The quantitative estimate of drug-likeness (QED) is 0.486. The summed E-state index contributed by atoms with van der Waals surface area (Å²) in [6, 6.07) is 14.5. The van der Waals surface area contributed by atoms with Crippen molar-refractivity contribution >= 4 is 34.7 Å². The molecule has 5 N–H and O–H groups in total. The van der Waals surface area contributed by atoms with Crippen molar-refractivity contribution in [1.29, 1.82) is 0 Å². The molecule has 27 heavy (non-hydrogen) atoms. The minimum atomic E-state index is -0.177. The zero-order valence-corrected chi connectivity index (χ0v) is 14.4. The summed E-state index contributed by atoms with van der Waals surface area (Å²) in [6.07, 6.45) is 1.53. The summed E-state index contributed by atoms with van der Waals surface area (Å²) in [5.74, 6) is 1.34. The van der Waals surface area contributed by atoms with Crippen LogP contribution in [0.25, 0.3) is 0 Å². The highest BCUT2D eigenvalue weighted by Gasteiger charge is 2.10. The van der Waals surface area contributed by atoms with E-state index >= 15 is 0 Å². The molecule has 1 amide bonds. The molecule has 0 unspecified atom stereocenters. The van der Waals surface area contributed by atoms with Crippen LogP contribution in [-0.4, -0.2) is 29.0 Å². The van der Waals surface area contributed by atoms with E-state index in [0.717, 1.165) is 5.69 Å². The summed E-state index contributed by atoms with van der Waals surface area (Å²) in [5, 5.41) is 9.12. The molecule has 1 aliphatic rings. The fraction of sp³-hybridized carbons (Fsp3) is 0.105. The van der Waals surface area contributed by atoms with Gasteiger partial charge in [-0.25, -0.2) is 4.98 Å². The molecule has 0 saturated carbocycles. The molecule has 2 aromatic carbocycles. The van der Waals surface area contributed by atoms with Gasteiger partial charge in [0.2, 0.25) is 5.95 Å². The second kappa shape index (κ2) is 7.20. The highest BCUT2D eigenvalue weighted by Crippen LogP contribution is 2.25. The Kier molecular flexibility index (Phi) is 4.44. The number of anilines is 5. The van der Waals surface area contributed by atoms with Gasteiger partial charge in [-0.15, -0.1) is 0 Å². The molecule has 0 aliphatic carbocycles. The molecule has 1 aliphatic heterocycles. The van der Waals surface area contributed by atoms with E-state index in [0.29, 0.717) is 47.6 Å². The first-order valence-corrected chi connectivity index (χ1v) is 8.45. The number of nitrogen functional groups attached to an aromatic ring is 1. The first kappa shape index (κ1) is 16.6. The third kappa shape index (κ3) is 3.90. The summed E-state index contributed by atoms with van der Waals surface area (Å²) in [5.41, 5.74) is 8.43. The topological polar surface area (TPSA) is 114 Å². The Bertz CT molecular complexity index is 991. The van der Waals surface area contributed by atoms with Crippen LogP contribution >= 0.6 is 0 Å². The Morgan fingerprint density at radius 3 is 2.74 bits per heavy atom. The lowest BCUT2D eigenvalue weighted by Crippen LogP contribution is -2.28. The van der Waals surface area contributed by atoms with Crippen molar-refractivity contribution in [3.8, 4) is 5.75 Å². The lowest BCUT2D eigenvalue weighted by Gasteiger charge is -2.14. The van der Waals surface area contributed by atoms with Gasteiger partial charge in [-0.2, -0.15) is 4.98 Å². The maximum absolute atomic E-state index is 12.3. The van der Waals surface area contributed by atoms with Crippen LogP contribution in [0.3, 0.4) is 0 Å². The third-order valence-corrected chi connectivity index (χ3v) is 3.95. The summed E-state index contributed by atoms with van der Waals surface area (Å²) < 4.78 is 5.70.